The first-order chi connectivity index (χ1) is 12.6. The lowest BCUT2D eigenvalue weighted by Gasteiger charge is -2.30. The van der Waals surface area contributed by atoms with Gasteiger partial charge in [-0.1, -0.05) is 17.8 Å². The Morgan fingerprint density at radius 3 is 2.96 bits per heavy atom. The van der Waals surface area contributed by atoms with Gasteiger partial charge in [0.25, 0.3) is 0 Å². The number of thiophene rings is 1. The summed E-state index contributed by atoms with van der Waals surface area (Å²) in [6.45, 7) is 3.83. The molecule has 0 saturated carbocycles. The van der Waals surface area contributed by atoms with Gasteiger partial charge in [0, 0.05) is 25.4 Å². The lowest BCUT2D eigenvalue weighted by Crippen LogP contribution is -2.45. The third kappa shape index (κ3) is 4.24. The standard InChI is InChI=1S/C16H20N4O3S3/c1-3-20-14(11-5-4-7-24-11)17-18-16(20)26-10-13(21)19-6-8-25-12(9-19)15(22)23-2/h4-5,7,12H,3,6,8-10H2,1-2H3/t12-/m0/s1. The molecule has 1 fully saturated rings. The van der Waals surface area contributed by atoms with E-state index in [0.717, 1.165) is 28.2 Å². The Morgan fingerprint density at radius 1 is 1.42 bits per heavy atom. The van der Waals surface area contributed by atoms with Crippen LogP contribution in [0.4, 0.5) is 0 Å². The van der Waals surface area contributed by atoms with Gasteiger partial charge in [-0.2, -0.15) is 0 Å². The molecule has 0 N–H and O–H groups in total. The summed E-state index contributed by atoms with van der Waals surface area (Å²) < 4.78 is 6.81. The second-order valence-corrected chi connectivity index (χ2v) is 8.74. The van der Waals surface area contributed by atoms with Gasteiger partial charge in [-0.15, -0.1) is 33.3 Å². The number of esters is 1. The topological polar surface area (TPSA) is 77.3 Å². The van der Waals surface area contributed by atoms with Crippen molar-refractivity contribution in [2.24, 2.45) is 0 Å². The van der Waals surface area contributed by atoms with Crippen LogP contribution in [0.15, 0.2) is 22.7 Å². The fraction of sp³-hybridized carbons (Fsp3) is 0.500. The summed E-state index contributed by atoms with van der Waals surface area (Å²) in [5.74, 6) is 1.59. The van der Waals surface area contributed by atoms with E-state index in [9.17, 15) is 9.59 Å². The van der Waals surface area contributed by atoms with Crippen molar-refractivity contribution < 1.29 is 14.3 Å². The summed E-state index contributed by atoms with van der Waals surface area (Å²) in [6, 6.07) is 4.00. The predicted octanol–water partition coefficient (Wildman–Crippen LogP) is 2.24. The number of carbonyl (C=O) groups is 2. The Kier molecular flexibility index (Phi) is 6.60. The van der Waals surface area contributed by atoms with E-state index in [4.69, 9.17) is 4.74 Å². The predicted molar refractivity (Wildman–Crippen MR) is 105 cm³/mol. The molecular formula is C16H20N4O3S3. The summed E-state index contributed by atoms with van der Waals surface area (Å²) in [7, 11) is 1.38. The number of amides is 1. The zero-order chi connectivity index (χ0) is 18.5. The van der Waals surface area contributed by atoms with Crippen LogP contribution in [0.3, 0.4) is 0 Å². The van der Waals surface area contributed by atoms with E-state index in [0.29, 0.717) is 13.1 Å². The van der Waals surface area contributed by atoms with Gasteiger partial charge < -0.3 is 14.2 Å². The first-order valence-corrected chi connectivity index (χ1v) is 11.1. The molecule has 1 aliphatic rings. The molecule has 0 spiro atoms. The summed E-state index contributed by atoms with van der Waals surface area (Å²) in [4.78, 5) is 27.1. The van der Waals surface area contributed by atoms with Crippen molar-refractivity contribution in [1.82, 2.24) is 19.7 Å². The van der Waals surface area contributed by atoms with Gasteiger partial charge in [0.2, 0.25) is 5.91 Å². The van der Waals surface area contributed by atoms with Crippen molar-refractivity contribution in [2.45, 2.75) is 23.9 Å². The zero-order valence-electron chi connectivity index (χ0n) is 14.6. The minimum atomic E-state index is -0.299. The van der Waals surface area contributed by atoms with Crippen molar-refractivity contribution in [3.05, 3.63) is 17.5 Å². The fourth-order valence-corrected chi connectivity index (χ4v) is 5.39. The van der Waals surface area contributed by atoms with Crippen LogP contribution in [0, 0.1) is 0 Å². The molecule has 3 rings (SSSR count). The second kappa shape index (κ2) is 8.92. The average molecular weight is 413 g/mol. The lowest BCUT2D eigenvalue weighted by molar-refractivity contribution is -0.141. The summed E-state index contributed by atoms with van der Waals surface area (Å²) >= 11 is 4.54. The van der Waals surface area contributed by atoms with Crippen molar-refractivity contribution in [3.63, 3.8) is 0 Å². The van der Waals surface area contributed by atoms with Gasteiger partial charge in [-0.25, -0.2) is 0 Å². The van der Waals surface area contributed by atoms with Crippen LogP contribution in [-0.4, -0.2) is 68.5 Å². The smallest absolute Gasteiger partial charge is 0.320 e. The van der Waals surface area contributed by atoms with E-state index in [1.165, 1.54) is 30.6 Å². The number of carbonyl (C=O) groups excluding carboxylic acids is 2. The van der Waals surface area contributed by atoms with Crippen LogP contribution in [0.2, 0.25) is 0 Å². The normalized spacial score (nSPS) is 17.3. The number of hydrogen-bond acceptors (Lipinski definition) is 8. The van der Waals surface area contributed by atoms with Crippen molar-refractivity contribution in [2.75, 3.05) is 31.7 Å². The molecule has 0 radical (unpaired) electrons. The molecule has 0 bridgehead atoms. The quantitative estimate of drug-likeness (QED) is 0.532. The third-order valence-electron chi connectivity index (χ3n) is 3.98. The lowest BCUT2D eigenvalue weighted by atomic mass is 10.3. The molecule has 0 aromatic carbocycles. The number of hydrogen-bond donors (Lipinski definition) is 0. The Hall–Kier alpha value is -1.52. The highest BCUT2D eigenvalue weighted by Gasteiger charge is 2.29. The minimum absolute atomic E-state index is 0.00697. The molecule has 10 heteroatoms. The Balaban J connectivity index is 1.62. The maximum absolute atomic E-state index is 12.6. The number of rotatable bonds is 6. The number of ether oxygens (including phenoxy) is 1. The van der Waals surface area contributed by atoms with Gasteiger partial charge in [-0.3, -0.25) is 9.59 Å². The number of aromatic nitrogens is 3. The highest BCUT2D eigenvalue weighted by Crippen LogP contribution is 2.27. The molecule has 7 nitrogen and oxygen atoms in total. The molecule has 3 heterocycles. The van der Waals surface area contributed by atoms with E-state index in [2.05, 4.69) is 10.2 Å². The highest BCUT2D eigenvalue weighted by atomic mass is 32.2. The van der Waals surface area contributed by atoms with Gasteiger partial charge in [0.1, 0.15) is 5.25 Å². The van der Waals surface area contributed by atoms with Crippen molar-refractivity contribution in [3.8, 4) is 10.7 Å². The molecule has 0 aliphatic carbocycles. The summed E-state index contributed by atoms with van der Waals surface area (Å²) in [5.41, 5.74) is 0. The molecule has 2 aromatic rings. The first-order valence-electron chi connectivity index (χ1n) is 8.21. The number of nitrogens with zero attached hydrogens (tertiary/aromatic N) is 4. The number of methoxy groups -OCH3 is 1. The van der Waals surface area contributed by atoms with E-state index >= 15 is 0 Å². The Labute approximate surface area is 164 Å². The summed E-state index contributed by atoms with van der Waals surface area (Å²) in [5, 5.41) is 11.0. The molecule has 140 valence electrons. The molecule has 1 amide bonds. The van der Waals surface area contributed by atoms with Crippen molar-refractivity contribution in [1.29, 1.82) is 0 Å². The largest absolute Gasteiger partial charge is 0.468 e. The van der Waals surface area contributed by atoms with E-state index < -0.39 is 0 Å². The van der Waals surface area contributed by atoms with E-state index in [1.807, 2.05) is 29.0 Å². The molecular weight excluding hydrogens is 392 g/mol. The third-order valence-corrected chi connectivity index (χ3v) is 6.96. The Morgan fingerprint density at radius 2 is 2.27 bits per heavy atom. The van der Waals surface area contributed by atoms with Crippen LogP contribution in [0.5, 0.6) is 0 Å². The van der Waals surface area contributed by atoms with Crippen LogP contribution >= 0.6 is 34.9 Å². The molecule has 26 heavy (non-hydrogen) atoms. The molecule has 2 aromatic heterocycles. The van der Waals surface area contributed by atoms with Gasteiger partial charge >= 0.3 is 5.97 Å². The monoisotopic (exact) mass is 412 g/mol. The van der Waals surface area contributed by atoms with Gasteiger partial charge in [-0.05, 0) is 18.4 Å². The second-order valence-electron chi connectivity index (χ2n) is 5.54. The molecule has 1 saturated heterocycles. The minimum Gasteiger partial charge on any atom is -0.468 e. The van der Waals surface area contributed by atoms with E-state index in [1.54, 1.807) is 16.2 Å². The highest BCUT2D eigenvalue weighted by molar-refractivity contribution is 8.00. The van der Waals surface area contributed by atoms with Crippen molar-refractivity contribution >= 4 is 46.7 Å². The molecule has 0 unspecified atom stereocenters. The van der Waals surface area contributed by atoms with E-state index in [-0.39, 0.29) is 22.9 Å². The van der Waals surface area contributed by atoms with Gasteiger partial charge in [0.05, 0.1) is 17.7 Å². The maximum Gasteiger partial charge on any atom is 0.320 e. The van der Waals surface area contributed by atoms with Crippen LogP contribution in [0.1, 0.15) is 6.92 Å². The Bertz CT molecular complexity index is 763. The van der Waals surface area contributed by atoms with Crippen LogP contribution < -0.4 is 0 Å². The molecule has 1 atom stereocenters. The fourth-order valence-electron chi connectivity index (χ4n) is 2.64. The first kappa shape index (κ1) is 19.2. The average Bonchev–Trinajstić information content (AvgIpc) is 3.34. The summed E-state index contributed by atoms with van der Waals surface area (Å²) in [6.07, 6.45) is 0. The number of thioether (sulfide) groups is 2. The molecule has 1 aliphatic heterocycles. The van der Waals surface area contributed by atoms with Crippen LogP contribution in [-0.2, 0) is 20.9 Å². The SMILES string of the molecule is CCn1c(SCC(=O)N2CCS[C@H](C(=O)OC)C2)nnc1-c1cccs1. The van der Waals surface area contributed by atoms with Crippen LogP contribution in [0.25, 0.3) is 10.7 Å². The maximum atomic E-state index is 12.6. The zero-order valence-corrected chi connectivity index (χ0v) is 17.0. The van der Waals surface area contributed by atoms with Gasteiger partial charge in [0.15, 0.2) is 11.0 Å².